The van der Waals surface area contributed by atoms with E-state index in [1.807, 2.05) is 43.0 Å². The first-order chi connectivity index (χ1) is 12.2. The number of aromatic nitrogens is 1. The number of hydrogen-bond acceptors (Lipinski definition) is 3. The van der Waals surface area contributed by atoms with Gasteiger partial charge in [0.15, 0.2) is 0 Å². The molecule has 1 unspecified atom stereocenters. The van der Waals surface area contributed by atoms with Crippen LogP contribution in [0.3, 0.4) is 0 Å². The number of pyridine rings is 1. The van der Waals surface area contributed by atoms with Crippen molar-refractivity contribution in [1.29, 1.82) is 0 Å². The number of piperidine rings is 1. The van der Waals surface area contributed by atoms with Crippen LogP contribution in [0, 0.1) is 0 Å². The van der Waals surface area contributed by atoms with Crippen molar-refractivity contribution < 1.29 is 9.53 Å². The smallest absolute Gasteiger partial charge is 0.256 e. The van der Waals surface area contributed by atoms with E-state index in [0.29, 0.717) is 12.2 Å². The van der Waals surface area contributed by atoms with E-state index < -0.39 is 0 Å². The van der Waals surface area contributed by atoms with Gasteiger partial charge in [-0.05, 0) is 50.8 Å². The molecule has 3 rings (SSSR count). The normalized spacial score (nSPS) is 15.8. The third-order valence-corrected chi connectivity index (χ3v) is 4.75. The molecule has 132 valence electrons. The van der Waals surface area contributed by atoms with Gasteiger partial charge in [0.1, 0.15) is 0 Å². The monoisotopic (exact) mass is 338 g/mol. The van der Waals surface area contributed by atoms with Crippen molar-refractivity contribution in [1.82, 2.24) is 9.88 Å². The molecule has 0 aliphatic carbocycles. The van der Waals surface area contributed by atoms with Crippen LogP contribution in [0.2, 0.25) is 0 Å². The molecular weight excluding hydrogens is 312 g/mol. The summed E-state index contributed by atoms with van der Waals surface area (Å²) in [7, 11) is 0. The molecule has 0 N–H and O–H groups in total. The molecule has 0 radical (unpaired) electrons. The molecule has 1 aromatic carbocycles. The Labute approximate surface area is 149 Å². The Morgan fingerprint density at radius 1 is 1.16 bits per heavy atom. The van der Waals surface area contributed by atoms with E-state index >= 15 is 0 Å². The van der Waals surface area contributed by atoms with Crippen molar-refractivity contribution in [3.8, 4) is 11.3 Å². The Hall–Kier alpha value is -2.20. The number of ether oxygens (including phenoxy) is 1. The van der Waals surface area contributed by atoms with Crippen LogP contribution < -0.4 is 0 Å². The van der Waals surface area contributed by atoms with Crippen LogP contribution in [-0.2, 0) is 4.74 Å². The maximum Gasteiger partial charge on any atom is 0.256 e. The highest BCUT2D eigenvalue weighted by Gasteiger charge is 2.21. The van der Waals surface area contributed by atoms with E-state index in [1.54, 1.807) is 6.20 Å². The molecule has 1 aliphatic heterocycles. The number of hydrogen-bond donors (Lipinski definition) is 0. The fourth-order valence-corrected chi connectivity index (χ4v) is 3.33. The topological polar surface area (TPSA) is 42.4 Å². The molecule has 1 aromatic heterocycles. The number of nitrogens with zero attached hydrogens (tertiary/aromatic N) is 2. The van der Waals surface area contributed by atoms with E-state index in [2.05, 4.69) is 17.1 Å². The van der Waals surface area contributed by atoms with Gasteiger partial charge in [0.25, 0.3) is 5.91 Å². The van der Waals surface area contributed by atoms with Gasteiger partial charge in [0, 0.05) is 31.5 Å². The van der Waals surface area contributed by atoms with Gasteiger partial charge in [-0.15, -0.1) is 0 Å². The van der Waals surface area contributed by atoms with Gasteiger partial charge in [0.05, 0.1) is 17.4 Å². The van der Waals surface area contributed by atoms with Crippen molar-refractivity contribution in [3.05, 3.63) is 53.7 Å². The Balaban J connectivity index is 1.86. The zero-order chi connectivity index (χ0) is 17.6. The fourth-order valence-electron chi connectivity index (χ4n) is 3.33. The van der Waals surface area contributed by atoms with E-state index in [-0.39, 0.29) is 12.0 Å². The predicted octanol–water partition coefficient (Wildman–Crippen LogP) is 4.47. The molecule has 2 heterocycles. The molecule has 1 fully saturated rings. The van der Waals surface area contributed by atoms with Crippen molar-refractivity contribution in [2.24, 2.45) is 0 Å². The second-order valence-corrected chi connectivity index (χ2v) is 6.47. The first-order valence-electron chi connectivity index (χ1n) is 9.17. The van der Waals surface area contributed by atoms with Crippen molar-refractivity contribution >= 4 is 5.91 Å². The third kappa shape index (κ3) is 4.07. The molecule has 1 amide bonds. The van der Waals surface area contributed by atoms with Gasteiger partial charge in [-0.1, -0.05) is 24.3 Å². The van der Waals surface area contributed by atoms with Gasteiger partial charge >= 0.3 is 0 Å². The van der Waals surface area contributed by atoms with Gasteiger partial charge in [-0.3, -0.25) is 9.78 Å². The molecule has 1 aliphatic rings. The largest absolute Gasteiger partial charge is 0.374 e. The summed E-state index contributed by atoms with van der Waals surface area (Å²) in [4.78, 5) is 19.4. The number of carbonyl (C=O) groups is 1. The maximum atomic E-state index is 12.9. The van der Waals surface area contributed by atoms with Crippen molar-refractivity contribution in [3.63, 3.8) is 0 Å². The molecule has 0 spiro atoms. The summed E-state index contributed by atoms with van der Waals surface area (Å²) in [6, 6.07) is 11.9. The summed E-state index contributed by atoms with van der Waals surface area (Å²) in [5, 5.41) is 0. The minimum Gasteiger partial charge on any atom is -0.374 e. The number of likely N-dealkylation sites (tertiary alicyclic amines) is 1. The van der Waals surface area contributed by atoms with Crippen LogP contribution in [-0.4, -0.2) is 35.5 Å². The Kier molecular flexibility index (Phi) is 5.82. The van der Waals surface area contributed by atoms with Gasteiger partial charge in [0.2, 0.25) is 0 Å². The molecule has 1 atom stereocenters. The molecule has 1 saturated heterocycles. The van der Waals surface area contributed by atoms with Crippen LogP contribution in [0.1, 0.15) is 55.1 Å². The van der Waals surface area contributed by atoms with E-state index in [0.717, 1.165) is 42.8 Å². The van der Waals surface area contributed by atoms with Crippen LogP contribution in [0.5, 0.6) is 0 Å². The SMILES string of the molecule is CCOC(C)c1ccc(-c2ncccc2C(=O)N2CCCCC2)cc1. The predicted molar refractivity (Wildman–Crippen MR) is 99.5 cm³/mol. The maximum absolute atomic E-state index is 12.9. The minimum absolute atomic E-state index is 0.0669. The summed E-state index contributed by atoms with van der Waals surface area (Å²) in [5.74, 6) is 0.0922. The van der Waals surface area contributed by atoms with Crippen LogP contribution in [0.4, 0.5) is 0 Å². The Morgan fingerprint density at radius 2 is 1.88 bits per heavy atom. The first kappa shape index (κ1) is 17.6. The quantitative estimate of drug-likeness (QED) is 0.807. The highest BCUT2D eigenvalue weighted by Crippen LogP contribution is 2.26. The highest BCUT2D eigenvalue weighted by atomic mass is 16.5. The highest BCUT2D eigenvalue weighted by molar-refractivity contribution is 5.99. The summed E-state index contributed by atoms with van der Waals surface area (Å²) >= 11 is 0. The standard InChI is InChI=1S/C21H26N2O2/c1-3-25-16(2)17-9-11-18(12-10-17)20-19(8-7-13-22-20)21(24)23-14-5-4-6-15-23/h7-13,16H,3-6,14-15H2,1-2H3. The van der Waals surface area contributed by atoms with E-state index in [4.69, 9.17) is 4.74 Å². The molecule has 0 saturated carbocycles. The van der Waals surface area contributed by atoms with E-state index in [9.17, 15) is 4.79 Å². The van der Waals surface area contributed by atoms with Gasteiger partial charge in [-0.25, -0.2) is 0 Å². The molecule has 0 bridgehead atoms. The second-order valence-electron chi connectivity index (χ2n) is 6.47. The van der Waals surface area contributed by atoms with Crippen molar-refractivity contribution in [2.75, 3.05) is 19.7 Å². The Bertz CT molecular complexity index is 706. The lowest BCUT2D eigenvalue weighted by Gasteiger charge is -2.27. The average molecular weight is 338 g/mol. The van der Waals surface area contributed by atoms with Crippen LogP contribution in [0.15, 0.2) is 42.6 Å². The molecule has 2 aromatic rings. The van der Waals surface area contributed by atoms with Crippen molar-refractivity contribution in [2.45, 2.75) is 39.2 Å². The fraction of sp³-hybridized carbons (Fsp3) is 0.429. The minimum atomic E-state index is 0.0669. The molecular formula is C21H26N2O2. The van der Waals surface area contributed by atoms with Gasteiger partial charge in [-0.2, -0.15) is 0 Å². The number of carbonyl (C=O) groups excluding carboxylic acids is 1. The summed E-state index contributed by atoms with van der Waals surface area (Å²) in [5.41, 5.74) is 3.54. The molecule has 4 heteroatoms. The lowest BCUT2D eigenvalue weighted by Crippen LogP contribution is -2.35. The zero-order valence-corrected chi connectivity index (χ0v) is 15.1. The second kappa shape index (κ2) is 8.26. The molecule has 4 nitrogen and oxygen atoms in total. The Morgan fingerprint density at radius 3 is 2.56 bits per heavy atom. The number of rotatable bonds is 5. The molecule has 25 heavy (non-hydrogen) atoms. The van der Waals surface area contributed by atoms with Crippen LogP contribution in [0.25, 0.3) is 11.3 Å². The lowest BCUT2D eigenvalue weighted by molar-refractivity contribution is 0.0724. The van der Waals surface area contributed by atoms with E-state index in [1.165, 1.54) is 6.42 Å². The van der Waals surface area contributed by atoms with Gasteiger partial charge < -0.3 is 9.64 Å². The third-order valence-electron chi connectivity index (χ3n) is 4.75. The average Bonchev–Trinajstić information content (AvgIpc) is 2.68. The zero-order valence-electron chi connectivity index (χ0n) is 15.1. The summed E-state index contributed by atoms with van der Waals surface area (Å²) < 4.78 is 5.64. The number of benzene rings is 1. The lowest BCUT2D eigenvalue weighted by atomic mass is 10.0. The number of amides is 1. The summed E-state index contributed by atoms with van der Waals surface area (Å²) in [6.07, 6.45) is 5.20. The summed E-state index contributed by atoms with van der Waals surface area (Å²) in [6.45, 7) is 6.43. The first-order valence-corrected chi connectivity index (χ1v) is 9.17. The van der Waals surface area contributed by atoms with Crippen LogP contribution >= 0.6 is 0 Å².